The molecule has 0 heterocycles. The topological polar surface area (TPSA) is 18.5 Å². The van der Waals surface area contributed by atoms with Gasteiger partial charge in [-0.2, -0.15) is 0 Å². The van der Waals surface area contributed by atoms with Gasteiger partial charge in [0.05, 0.1) is 14.2 Å². The van der Waals surface area contributed by atoms with E-state index in [4.69, 9.17) is 9.47 Å². The van der Waals surface area contributed by atoms with Gasteiger partial charge in [0.15, 0.2) is 0 Å². The number of rotatable bonds is 2. The third kappa shape index (κ3) is 2.16. The third-order valence-electron chi connectivity index (χ3n) is 2.96. The Labute approximate surface area is 98.6 Å². The van der Waals surface area contributed by atoms with Gasteiger partial charge in [-0.25, -0.2) is 0 Å². The van der Waals surface area contributed by atoms with Crippen LogP contribution >= 0.6 is 0 Å². The lowest BCUT2D eigenvalue weighted by Gasteiger charge is -2.25. The lowest BCUT2D eigenvalue weighted by atomic mass is 9.83. The fraction of sp³-hybridized carbons (Fsp3) is 0.571. The largest absolute Gasteiger partial charge is 0.496 e. The van der Waals surface area contributed by atoms with E-state index in [0.717, 1.165) is 17.1 Å². The van der Waals surface area contributed by atoms with Crippen molar-refractivity contribution >= 4 is 0 Å². The normalized spacial score (nSPS) is 11.4. The highest BCUT2D eigenvalue weighted by atomic mass is 16.5. The molecule has 0 atom stereocenters. The van der Waals surface area contributed by atoms with Gasteiger partial charge in [-0.15, -0.1) is 0 Å². The molecule has 0 aliphatic rings. The lowest BCUT2D eigenvalue weighted by Crippen LogP contribution is -2.14. The molecular weight excluding hydrogens is 200 g/mol. The van der Waals surface area contributed by atoms with Gasteiger partial charge < -0.3 is 9.47 Å². The standard InChI is InChI=1S/C14H22O2/c1-9-11(14(3,4)5)8-12(15-6)10(2)13(9)16-7/h8H,1-7H3. The minimum Gasteiger partial charge on any atom is -0.496 e. The number of hydrogen-bond acceptors (Lipinski definition) is 2. The Morgan fingerprint density at radius 3 is 1.88 bits per heavy atom. The summed E-state index contributed by atoms with van der Waals surface area (Å²) in [4.78, 5) is 0. The van der Waals surface area contributed by atoms with Crippen molar-refractivity contribution < 1.29 is 9.47 Å². The summed E-state index contributed by atoms with van der Waals surface area (Å²) in [6.45, 7) is 10.7. The van der Waals surface area contributed by atoms with E-state index < -0.39 is 0 Å². The van der Waals surface area contributed by atoms with E-state index in [-0.39, 0.29) is 5.41 Å². The molecule has 0 aliphatic carbocycles. The second-order valence-corrected chi connectivity index (χ2v) is 5.16. The first kappa shape index (κ1) is 12.9. The van der Waals surface area contributed by atoms with Crippen molar-refractivity contribution in [3.8, 4) is 11.5 Å². The zero-order chi connectivity index (χ0) is 12.5. The lowest BCUT2D eigenvalue weighted by molar-refractivity contribution is 0.383. The molecular formula is C14H22O2. The molecule has 0 N–H and O–H groups in total. The molecule has 2 nitrogen and oxygen atoms in total. The number of methoxy groups -OCH3 is 2. The van der Waals surface area contributed by atoms with Crippen molar-refractivity contribution in [1.29, 1.82) is 0 Å². The Hall–Kier alpha value is -1.18. The van der Waals surface area contributed by atoms with Crippen LogP contribution in [0.15, 0.2) is 6.07 Å². The molecule has 1 rings (SSSR count). The predicted octanol–water partition coefficient (Wildman–Crippen LogP) is 3.62. The molecule has 0 aromatic heterocycles. The highest BCUT2D eigenvalue weighted by molar-refractivity contribution is 5.54. The first-order valence-corrected chi connectivity index (χ1v) is 5.55. The van der Waals surface area contributed by atoms with Crippen molar-refractivity contribution in [3.63, 3.8) is 0 Å². The summed E-state index contributed by atoms with van der Waals surface area (Å²) in [5.41, 5.74) is 3.63. The molecule has 0 saturated heterocycles. The van der Waals surface area contributed by atoms with Crippen molar-refractivity contribution in [3.05, 3.63) is 22.8 Å². The van der Waals surface area contributed by atoms with Crippen LogP contribution in [-0.2, 0) is 5.41 Å². The smallest absolute Gasteiger partial charge is 0.128 e. The van der Waals surface area contributed by atoms with Gasteiger partial charge in [-0.05, 0) is 36.5 Å². The highest BCUT2D eigenvalue weighted by Crippen LogP contribution is 2.38. The van der Waals surface area contributed by atoms with E-state index >= 15 is 0 Å². The first-order valence-electron chi connectivity index (χ1n) is 5.55. The van der Waals surface area contributed by atoms with Gasteiger partial charge in [0.25, 0.3) is 0 Å². The third-order valence-corrected chi connectivity index (χ3v) is 2.96. The summed E-state index contributed by atoms with van der Waals surface area (Å²) in [6.07, 6.45) is 0. The maximum Gasteiger partial charge on any atom is 0.128 e. The van der Waals surface area contributed by atoms with Gasteiger partial charge in [0.2, 0.25) is 0 Å². The molecule has 0 radical (unpaired) electrons. The molecule has 1 aromatic rings. The summed E-state index contributed by atoms with van der Waals surface area (Å²) in [7, 11) is 3.41. The van der Waals surface area contributed by atoms with Crippen LogP contribution in [0.4, 0.5) is 0 Å². The molecule has 0 saturated carbocycles. The Bertz CT molecular complexity index is 387. The van der Waals surface area contributed by atoms with Gasteiger partial charge in [-0.3, -0.25) is 0 Å². The van der Waals surface area contributed by atoms with Crippen molar-refractivity contribution in [1.82, 2.24) is 0 Å². The van der Waals surface area contributed by atoms with Crippen LogP contribution in [0.5, 0.6) is 11.5 Å². The van der Waals surface area contributed by atoms with Crippen molar-refractivity contribution in [2.24, 2.45) is 0 Å². The van der Waals surface area contributed by atoms with Crippen LogP contribution in [0.25, 0.3) is 0 Å². The summed E-state index contributed by atoms with van der Waals surface area (Å²) in [6, 6.07) is 2.12. The molecule has 0 spiro atoms. The van der Waals surface area contributed by atoms with Gasteiger partial charge >= 0.3 is 0 Å². The molecule has 90 valence electrons. The summed E-state index contributed by atoms with van der Waals surface area (Å²) in [5, 5.41) is 0. The molecule has 1 aromatic carbocycles. The highest BCUT2D eigenvalue weighted by Gasteiger charge is 2.22. The molecule has 0 amide bonds. The maximum absolute atomic E-state index is 5.47. The van der Waals surface area contributed by atoms with Crippen LogP contribution in [0.3, 0.4) is 0 Å². The molecule has 0 fully saturated rings. The minimum absolute atomic E-state index is 0.0956. The number of benzene rings is 1. The summed E-state index contributed by atoms with van der Waals surface area (Å²) in [5.74, 6) is 1.83. The van der Waals surface area contributed by atoms with E-state index in [0.29, 0.717) is 0 Å². The van der Waals surface area contributed by atoms with Crippen LogP contribution in [-0.4, -0.2) is 14.2 Å². The second kappa shape index (κ2) is 4.36. The fourth-order valence-electron chi connectivity index (χ4n) is 2.16. The number of hydrogen-bond donors (Lipinski definition) is 0. The van der Waals surface area contributed by atoms with Crippen LogP contribution in [0, 0.1) is 13.8 Å². The van der Waals surface area contributed by atoms with Gasteiger partial charge in [0, 0.05) is 5.56 Å². The van der Waals surface area contributed by atoms with Crippen LogP contribution in [0.2, 0.25) is 0 Å². The first-order chi connectivity index (χ1) is 7.32. The summed E-state index contributed by atoms with van der Waals surface area (Å²) >= 11 is 0. The van der Waals surface area contributed by atoms with Crippen LogP contribution in [0.1, 0.15) is 37.5 Å². The SMILES string of the molecule is COc1cc(C(C)(C)C)c(C)c(OC)c1C. The zero-order valence-electron chi connectivity index (χ0n) is 11.4. The van der Waals surface area contributed by atoms with E-state index in [9.17, 15) is 0 Å². The van der Waals surface area contributed by atoms with E-state index in [2.05, 4.69) is 33.8 Å². The van der Waals surface area contributed by atoms with E-state index in [1.54, 1.807) is 14.2 Å². The summed E-state index contributed by atoms with van der Waals surface area (Å²) < 4.78 is 10.9. The molecule has 0 aliphatic heterocycles. The van der Waals surface area contributed by atoms with Crippen molar-refractivity contribution in [2.45, 2.75) is 40.0 Å². The Morgan fingerprint density at radius 2 is 1.50 bits per heavy atom. The predicted molar refractivity (Wildman–Crippen MR) is 67.7 cm³/mol. The van der Waals surface area contributed by atoms with Crippen molar-refractivity contribution in [2.75, 3.05) is 14.2 Å². The molecule has 0 unspecified atom stereocenters. The molecule has 16 heavy (non-hydrogen) atoms. The Morgan fingerprint density at radius 1 is 0.938 bits per heavy atom. The Kier molecular flexibility index (Phi) is 3.51. The monoisotopic (exact) mass is 222 g/mol. The number of ether oxygens (including phenoxy) is 2. The van der Waals surface area contributed by atoms with Crippen LogP contribution < -0.4 is 9.47 Å². The Balaban J connectivity index is 3.53. The maximum atomic E-state index is 5.47. The molecule has 0 bridgehead atoms. The van der Waals surface area contributed by atoms with E-state index in [1.807, 2.05) is 6.92 Å². The zero-order valence-corrected chi connectivity index (χ0v) is 11.4. The second-order valence-electron chi connectivity index (χ2n) is 5.16. The van der Waals surface area contributed by atoms with Gasteiger partial charge in [0.1, 0.15) is 11.5 Å². The van der Waals surface area contributed by atoms with E-state index in [1.165, 1.54) is 11.1 Å². The quantitative estimate of drug-likeness (QED) is 0.761. The fourth-order valence-corrected chi connectivity index (χ4v) is 2.16. The average molecular weight is 222 g/mol. The minimum atomic E-state index is 0.0956. The molecule has 2 heteroatoms. The average Bonchev–Trinajstić information content (AvgIpc) is 2.17. The van der Waals surface area contributed by atoms with Gasteiger partial charge in [-0.1, -0.05) is 20.8 Å².